The van der Waals surface area contributed by atoms with Gasteiger partial charge in [-0.3, -0.25) is 10.1 Å². The van der Waals surface area contributed by atoms with Gasteiger partial charge in [-0.1, -0.05) is 0 Å². The van der Waals surface area contributed by atoms with E-state index in [2.05, 4.69) is 22.2 Å². The normalized spacial score (nSPS) is 15.9. The molecule has 19 heavy (non-hydrogen) atoms. The Morgan fingerprint density at radius 3 is 2.79 bits per heavy atom. The van der Waals surface area contributed by atoms with Crippen molar-refractivity contribution in [3.8, 4) is 0 Å². The maximum absolute atomic E-state index is 11.3. The maximum atomic E-state index is 11.3. The first-order chi connectivity index (χ1) is 9.06. The smallest absolute Gasteiger partial charge is 0.353 e. The van der Waals surface area contributed by atoms with Gasteiger partial charge in [-0.25, -0.2) is 9.97 Å². The van der Waals surface area contributed by atoms with Crippen LogP contribution >= 0.6 is 0 Å². The molecule has 1 heterocycles. The van der Waals surface area contributed by atoms with E-state index in [0.717, 1.165) is 0 Å². The number of rotatable bonds is 6. The summed E-state index contributed by atoms with van der Waals surface area (Å²) in [7, 11) is 1.86. The highest BCUT2D eigenvalue weighted by Gasteiger charge is 2.34. The van der Waals surface area contributed by atoms with E-state index in [9.17, 15) is 10.1 Å². The molecule has 0 radical (unpaired) electrons. The molecule has 1 aromatic rings. The van der Waals surface area contributed by atoms with Gasteiger partial charge in [0.1, 0.15) is 6.33 Å². The van der Waals surface area contributed by atoms with Crippen LogP contribution in [0.15, 0.2) is 6.33 Å². The van der Waals surface area contributed by atoms with Gasteiger partial charge in [0.2, 0.25) is 11.6 Å². The molecule has 7 nitrogen and oxygen atoms in total. The summed E-state index contributed by atoms with van der Waals surface area (Å²) in [6.45, 7) is 4.54. The summed E-state index contributed by atoms with van der Waals surface area (Å²) in [5, 5.41) is 14.2. The van der Waals surface area contributed by atoms with Crippen LogP contribution in [0.2, 0.25) is 0 Å². The van der Waals surface area contributed by atoms with Crippen molar-refractivity contribution in [2.24, 2.45) is 5.92 Å². The lowest BCUT2D eigenvalue weighted by Crippen LogP contribution is -2.32. The molecule has 1 aromatic heterocycles. The zero-order chi connectivity index (χ0) is 14.0. The Kier molecular flexibility index (Phi) is 3.82. The minimum Gasteiger partial charge on any atom is -0.364 e. The van der Waals surface area contributed by atoms with Crippen LogP contribution in [-0.4, -0.2) is 34.5 Å². The van der Waals surface area contributed by atoms with E-state index in [1.807, 2.05) is 18.9 Å². The van der Waals surface area contributed by atoms with Gasteiger partial charge in [-0.15, -0.1) is 0 Å². The Morgan fingerprint density at radius 1 is 1.58 bits per heavy atom. The highest BCUT2D eigenvalue weighted by atomic mass is 16.6. The molecule has 0 aromatic carbocycles. The summed E-state index contributed by atoms with van der Waals surface area (Å²) < 4.78 is 0. The Morgan fingerprint density at radius 2 is 2.26 bits per heavy atom. The molecule has 0 amide bonds. The van der Waals surface area contributed by atoms with E-state index >= 15 is 0 Å². The van der Waals surface area contributed by atoms with Crippen molar-refractivity contribution in [2.45, 2.75) is 32.7 Å². The third-order valence-corrected chi connectivity index (χ3v) is 3.58. The number of hydrogen-bond acceptors (Lipinski definition) is 6. The Bertz CT molecular complexity index is 475. The minimum absolute atomic E-state index is 0.0423. The molecule has 7 heteroatoms. The van der Waals surface area contributed by atoms with Crippen molar-refractivity contribution >= 4 is 17.3 Å². The average molecular weight is 265 g/mol. The molecule has 1 saturated carbocycles. The molecular weight excluding hydrogens is 246 g/mol. The third kappa shape index (κ3) is 2.74. The molecule has 1 unspecified atom stereocenters. The van der Waals surface area contributed by atoms with Gasteiger partial charge >= 0.3 is 5.69 Å². The van der Waals surface area contributed by atoms with Crippen LogP contribution in [0.3, 0.4) is 0 Å². The lowest BCUT2D eigenvalue weighted by atomic mass is 10.2. The van der Waals surface area contributed by atoms with E-state index in [4.69, 9.17) is 0 Å². The summed E-state index contributed by atoms with van der Waals surface area (Å²) in [5.41, 5.74) is -0.0423. The molecule has 1 aliphatic rings. The SMILES string of the molecule is CCNc1ncnc(N(C)C(C)C2CC2)c1[N+](=O)[O-]. The average Bonchev–Trinajstić information content (AvgIpc) is 3.21. The molecule has 1 aliphatic carbocycles. The second-order valence-corrected chi connectivity index (χ2v) is 4.87. The minimum atomic E-state index is -0.413. The fraction of sp³-hybridized carbons (Fsp3) is 0.667. The second kappa shape index (κ2) is 5.38. The molecule has 1 N–H and O–H groups in total. The topological polar surface area (TPSA) is 84.2 Å². The van der Waals surface area contributed by atoms with Crippen LogP contribution in [-0.2, 0) is 0 Å². The van der Waals surface area contributed by atoms with Crippen LogP contribution in [0, 0.1) is 16.0 Å². The van der Waals surface area contributed by atoms with E-state index in [1.54, 1.807) is 0 Å². The fourth-order valence-electron chi connectivity index (χ4n) is 2.18. The lowest BCUT2D eigenvalue weighted by Gasteiger charge is -2.25. The molecule has 1 fully saturated rings. The standard InChI is InChI=1S/C12H19N5O2/c1-4-13-11-10(17(18)19)12(15-7-14-11)16(3)8(2)9-5-6-9/h7-9H,4-6H2,1-3H3,(H,13,14,15). The molecule has 1 atom stereocenters. The predicted molar refractivity (Wildman–Crippen MR) is 73.4 cm³/mol. The third-order valence-electron chi connectivity index (χ3n) is 3.58. The van der Waals surface area contributed by atoms with Gasteiger partial charge in [0.05, 0.1) is 4.92 Å². The second-order valence-electron chi connectivity index (χ2n) is 4.87. The van der Waals surface area contributed by atoms with Gasteiger partial charge in [0.25, 0.3) is 0 Å². The molecular formula is C12H19N5O2. The predicted octanol–water partition coefficient (Wildman–Crippen LogP) is 2.05. The van der Waals surface area contributed by atoms with Gasteiger partial charge in [0, 0.05) is 19.6 Å². The molecule has 0 spiro atoms. The van der Waals surface area contributed by atoms with Gasteiger partial charge in [-0.2, -0.15) is 0 Å². The molecule has 104 valence electrons. The Balaban J connectivity index is 2.37. The molecule has 0 bridgehead atoms. The number of aromatic nitrogens is 2. The van der Waals surface area contributed by atoms with Crippen molar-refractivity contribution < 1.29 is 4.92 Å². The number of nitrogens with zero attached hydrogens (tertiary/aromatic N) is 4. The van der Waals surface area contributed by atoms with Crippen LogP contribution in [0.25, 0.3) is 0 Å². The van der Waals surface area contributed by atoms with Crippen LogP contribution < -0.4 is 10.2 Å². The van der Waals surface area contributed by atoms with Crippen LogP contribution in [0.5, 0.6) is 0 Å². The fourth-order valence-corrected chi connectivity index (χ4v) is 2.18. The van der Waals surface area contributed by atoms with Crippen molar-refractivity contribution in [2.75, 3.05) is 23.8 Å². The van der Waals surface area contributed by atoms with Crippen molar-refractivity contribution in [1.82, 2.24) is 9.97 Å². The summed E-state index contributed by atoms with van der Waals surface area (Å²) in [6.07, 6.45) is 3.74. The van der Waals surface area contributed by atoms with Crippen molar-refractivity contribution in [3.05, 3.63) is 16.4 Å². The monoisotopic (exact) mass is 265 g/mol. The first-order valence-corrected chi connectivity index (χ1v) is 6.52. The Labute approximate surface area is 112 Å². The number of nitrogens with one attached hydrogen (secondary N) is 1. The zero-order valence-electron chi connectivity index (χ0n) is 11.5. The number of nitro groups is 1. The quantitative estimate of drug-likeness (QED) is 0.626. The Hall–Kier alpha value is -1.92. The van der Waals surface area contributed by atoms with E-state index in [-0.39, 0.29) is 17.5 Å². The first-order valence-electron chi connectivity index (χ1n) is 6.52. The highest BCUT2D eigenvalue weighted by molar-refractivity contribution is 5.70. The summed E-state index contributed by atoms with van der Waals surface area (Å²) in [6, 6.07) is 0.253. The summed E-state index contributed by atoms with van der Waals surface area (Å²) in [5.74, 6) is 1.28. The zero-order valence-corrected chi connectivity index (χ0v) is 11.5. The van der Waals surface area contributed by atoms with Gasteiger partial charge in [0.15, 0.2) is 0 Å². The van der Waals surface area contributed by atoms with E-state index < -0.39 is 4.92 Å². The van der Waals surface area contributed by atoms with Gasteiger partial charge < -0.3 is 10.2 Å². The maximum Gasteiger partial charge on any atom is 0.353 e. The molecule has 0 saturated heterocycles. The van der Waals surface area contributed by atoms with E-state index in [1.165, 1.54) is 19.2 Å². The first kappa shape index (κ1) is 13.5. The molecule has 0 aliphatic heterocycles. The summed E-state index contributed by atoms with van der Waals surface area (Å²) in [4.78, 5) is 20.8. The summed E-state index contributed by atoms with van der Waals surface area (Å²) >= 11 is 0. The lowest BCUT2D eigenvalue weighted by molar-refractivity contribution is -0.383. The van der Waals surface area contributed by atoms with Gasteiger partial charge in [-0.05, 0) is 32.6 Å². The van der Waals surface area contributed by atoms with Crippen LogP contribution in [0.4, 0.5) is 17.3 Å². The number of hydrogen-bond donors (Lipinski definition) is 1. The number of anilines is 2. The highest BCUT2D eigenvalue weighted by Crippen LogP contribution is 2.39. The van der Waals surface area contributed by atoms with Crippen molar-refractivity contribution in [1.29, 1.82) is 0 Å². The molecule has 2 rings (SSSR count). The van der Waals surface area contributed by atoms with Crippen LogP contribution in [0.1, 0.15) is 26.7 Å². The van der Waals surface area contributed by atoms with E-state index in [0.29, 0.717) is 18.3 Å². The largest absolute Gasteiger partial charge is 0.364 e. The van der Waals surface area contributed by atoms with Crippen molar-refractivity contribution in [3.63, 3.8) is 0 Å².